The number of ether oxygens (including phenoxy) is 2. The first-order valence-electron chi connectivity index (χ1n) is 14.6. The highest BCUT2D eigenvalue weighted by Crippen LogP contribution is 2.28. The average molecular weight is 593 g/mol. The van der Waals surface area contributed by atoms with E-state index >= 15 is 0 Å². The van der Waals surface area contributed by atoms with Crippen molar-refractivity contribution in [3.8, 4) is 11.5 Å². The van der Waals surface area contributed by atoms with Gasteiger partial charge in [-0.25, -0.2) is 4.79 Å². The number of aryl methyl sites for hydroxylation is 3. The SMILES string of the molecule is COc1ccc(CCN(Cc2sccc2C)C(=O)CN(CCN2CCCC2)C(=O)Nc2ccc(C)cc2C)cc1OC. The Bertz CT molecular complexity index is 1350. The van der Waals surface area contributed by atoms with Gasteiger partial charge in [0.15, 0.2) is 11.5 Å². The summed E-state index contributed by atoms with van der Waals surface area (Å²) < 4.78 is 10.9. The summed E-state index contributed by atoms with van der Waals surface area (Å²) in [4.78, 5) is 34.6. The van der Waals surface area contributed by atoms with Gasteiger partial charge in [-0.1, -0.05) is 23.8 Å². The number of carbonyl (C=O) groups is 2. The van der Waals surface area contributed by atoms with Crippen molar-refractivity contribution in [2.24, 2.45) is 0 Å². The lowest BCUT2D eigenvalue weighted by Crippen LogP contribution is -2.47. The fourth-order valence-electron chi connectivity index (χ4n) is 5.26. The summed E-state index contributed by atoms with van der Waals surface area (Å²) in [5, 5.41) is 5.12. The van der Waals surface area contributed by atoms with E-state index < -0.39 is 0 Å². The minimum absolute atomic E-state index is 0.0148. The summed E-state index contributed by atoms with van der Waals surface area (Å²) >= 11 is 1.65. The highest BCUT2D eigenvalue weighted by atomic mass is 32.1. The monoisotopic (exact) mass is 592 g/mol. The highest BCUT2D eigenvalue weighted by molar-refractivity contribution is 7.10. The molecule has 0 spiro atoms. The lowest BCUT2D eigenvalue weighted by atomic mass is 10.1. The maximum Gasteiger partial charge on any atom is 0.322 e. The van der Waals surface area contributed by atoms with Crippen LogP contribution < -0.4 is 14.8 Å². The van der Waals surface area contributed by atoms with Gasteiger partial charge in [-0.05, 0) is 99.5 Å². The van der Waals surface area contributed by atoms with Crippen LogP contribution in [0.4, 0.5) is 10.5 Å². The Morgan fingerprint density at radius 3 is 2.33 bits per heavy atom. The van der Waals surface area contributed by atoms with Crippen LogP contribution in [-0.2, 0) is 17.8 Å². The first-order valence-corrected chi connectivity index (χ1v) is 15.5. The number of nitrogens with zero attached hydrogens (tertiary/aromatic N) is 3. The first-order chi connectivity index (χ1) is 20.3. The third-order valence-corrected chi connectivity index (χ3v) is 8.90. The van der Waals surface area contributed by atoms with E-state index in [-0.39, 0.29) is 18.5 Å². The number of hydrogen-bond donors (Lipinski definition) is 1. The number of methoxy groups -OCH3 is 2. The molecule has 0 saturated carbocycles. The largest absolute Gasteiger partial charge is 0.493 e. The molecule has 8 nitrogen and oxygen atoms in total. The summed E-state index contributed by atoms with van der Waals surface area (Å²) in [5.41, 5.74) is 5.12. The average Bonchev–Trinajstić information content (AvgIpc) is 3.65. The van der Waals surface area contributed by atoms with Crippen molar-refractivity contribution >= 4 is 29.0 Å². The highest BCUT2D eigenvalue weighted by Gasteiger charge is 2.24. The predicted molar refractivity (Wildman–Crippen MR) is 170 cm³/mol. The number of anilines is 1. The third-order valence-electron chi connectivity index (χ3n) is 7.90. The Kier molecular flexibility index (Phi) is 11.3. The second-order valence-electron chi connectivity index (χ2n) is 11.0. The number of amides is 3. The van der Waals surface area contributed by atoms with Gasteiger partial charge in [0.1, 0.15) is 6.54 Å². The third kappa shape index (κ3) is 8.49. The second-order valence-corrected chi connectivity index (χ2v) is 12.0. The summed E-state index contributed by atoms with van der Waals surface area (Å²) in [6, 6.07) is 13.6. The minimum Gasteiger partial charge on any atom is -0.493 e. The maximum atomic E-state index is 14.0. The molecule has 0 atom stereocenters. The smallest absolute Gasteiger partial charge is 0.322 e. The van der Waals surface area contributed by atoms with Crippen molar-refractivity contribution in [2.75, 3.05) is 58.8 Å². The molecular formula is C33H44N4O4S. The van der Waals surface area contributed by atoms with Gasteiger partial charge in [-0.3, -0.25) is 4.79 Å². The Morgan fingerprint density at radius 1 is 0.905 bits per heavy atom. The van der Waals surface area contributed by atoms with Crippen LogP contribution in [0.5, 0.6) is 11.5 Å². The van der Waals surface area contributed by atoms with Gasteiger partial charge in [-0.2, -0.15) is 0 Å². The van der Waals surface area contributed by atoms with Gasteiger partial charge in [0, 0.05) is 30.2 Å². The fraction of sp³-hybridized carbons (Fsp3) is 0.455. The summed E-state index contributed by atoms with van der Waals surface area (Å²) in [6.45, 7) is 10.5. The van der Waals surface area contributed by atoms with Crippen molar-refractivity contribution in [3.05, 3.63) is 75.0 Å². The molecule has 0 radical (unpaired) electrons. The maximum absolute atomic E-state index is 14.0. The molecule has 42 heavy (non-hydrogen) atoms. The van der Waals surface area contributed by atoms with E-state index in [0.29, 0.717) is 37.6 Å². The van der Waals surface area contributed by atoms with Crippen molar-refractivity contribution in [1.82, 2.24) is 14.7 Å². The van der Waals surface area contributed by atoms with Crippen LogP contribution in [0.3, 0.4) is 0 Å². The van der Waals surface area contributed by atoms with Crippen molar-refractivity contribution in [2.45, 2.75) is 46.6 Å². The normalized spacial score (nSPS) is 13.2. The zero-order valence-electron chi connectivity index (χ0n) is 25.6. The van der Waals surface area contributed by atoms with Gasteiger partial charge < -0.3 is 29.5 Å². The molecule has 0 aliphatic carbocycles. The Morgan fingerprint density at radius 2 is 1.67 bits per heavy atom. The standard InChI is InChI=1S/C33H44N4O4S/c1-24-8-10-28(26(3)20-24)34-33(39)37(18-17-35-14-6-7-15-35)23-32(38)36(22-31-25(2)13-19-42-31)16-12-27-9-11-29(40-4)30(21-27)41-5/h8-11,13,19-21H,6-7,12,14-18,22-23H2,1-5H3,(H,34,39). The quantitative estimate of drug-likeness (QED) is 0.268. The van der Waals surface area contributed by atoms with E-state index in [1.165, 1.54) is 18.4 Å². The molecule has 1 aromatic heterocycles. The van der Waals surface area contributed by atoms with Gasteiger partial charge in [0.2, 0.25) is 5.91 Å². The zero-order valence-corrected chi connectivity index (χ0v) is 26.4. The van der Waals surface area contributed by atoms with Gasteiger partial charge in [-0.15, -0.1) is 11.3 Å². The molecule has 0 unspecified atom stereocenters. The lowest BCUT2D eigenvalue weighted by molar-refractivity contribution is -0.132. The van der Waals surface area contributed by atoms with E-state index in [1.54, 1.807) is 30.5 Å². The second kappa shape index (κ2) is 15.1. The molecular weight excluding hydrogens is 548 g/mol. The summed E-state index contributed by atoms with van der Waals surface area (Å²) in [6.07, 6.45) is 3.01. The molecule has 0 bridgehead atoms. The molecule has 1 N–H and O–H groups in total. The van der Waals surface area contributed by atoms with Gasteiger partial charge >= 0.3 is 6.03 Å². The predicted octanol–water partition coefficient (Wildman–Crippen LogP) is 5.89. The number of urea groups is 1. The number of carbonyl (C=O) groups excluding carboxylic acids is 2. The lowest BCUT2D eigenvalue weighted by Gasteiger charge is -2.29. The van der Waals surface area contributed by atoms with E-state index in [0.717, 1.165) is 46.9 Å². The number of nitrogens with one attached hydrogen (secondary N) is 1. The molecule has 1 fully saturated rings. The zero-order chi connectivity index (χ0) is 30.1. The number of thiophene rings is 1. The van der Waals surface area contributed by atoms with E-state index in [2.05, 4.69) is 34.7 Å². The molecule has 226 valence electrons. The summed E-state index contributed by atoms with van der Waals surface area (Å²) in [5.74, 6) is 1.27. The van der Waals surface area contributed by atoms with Crippen LogP contribution in [0.15, 0.2) is 47.8 Å². The van der Waals surface area contributed by atoms with Crippen LogP contribution in [0.25, 0.3) is 0 Å². The molecule has 1 aliphatic rings. The van der Waals surface area contributed by atoms with Crippen LogP contribution in [0, 0.1) is 20.8 Å². The van der Waals surface area contributed by atoms with Gasteiger partial charge in [0.05, 0.1) is 20.8 Å². The Labute approximate surface area is 254 Å². The number of likely N-dealkylation sites (tertiary alicyclic amines) is 1. The molecule has 4 rings (SSSR count). The first kappa shape index (κ1) is 31.4. The summed E-state index contributed by atoms with van der Waals surface area (Å²) in [7, 11) is 3.24. The number of hydrogen-bond acceptors (Lipinski definition) is 6. The number of benzene rings is 2. The molecule has 2 aromatic carbocycles. The Balaban J connectivity index is 1.51. The van der Waals surface area contributed by atoms with Crippen LogP contribution in [0.1, 0.15) is 40.0 Å². The van der Waals surface area contributed by atoms with Crippen LogP contribution in [0.2, 0.25) is 0 Å². The van der Waals surface area contributed by atoms with Crippen molar-refractivity contribution in [3.63, 3.8) is 0 Å². The van der Waals surface area contributed by atoms with E-state index in [1.807, 2.05) is 49.1 Å². The molecule has 1 saturated heterocycles. The Hall–Kier alpha value is -3.56. The van der Waals surface area contributed by atoms with Crippen LogP contribution >= 0.6 is 11.3 Å². The fourth-order valence-corrected chi connectivity index (χ4v) is 6.18. The van der Waals surface area contributed by atoms with Gasteiger partial charge in [0.25, 0.3) is 0 Å². The van der Waals surface area contributed by atoms with E-state index in [4.69, 9.17) is 9.47 Å². The number of rotatable bonds is 13. The molecule has 2 heterocycles. The molecule has 3 aromatic rings. The topological polar surface area (TPSA) is 74.4 Å². The van der Waals surface area contributed by atoms with Crippen molar-refractivity contribution < 1.29 is 19.1 Å². The van der Waals surface area contributed by atoms with Crippen molar-refractivity contribution in [1.29, 1.82) is 0 Å². The molecule has 9 heteroatoms. The van der Waals surface area contributed by atoms with E-state index in [9.17, 15) is 9.59 Å². The molecule has 1 aliphatic heterocycles. The molecule has 3 amide bonds. The minimum atomic E-state index is -0.248. The van der Waals surface area contributed by atoms with Crippen LogP contribution in [-0.4, -0.2) is 80.1 Å².